The number of carboxylic acids is 5. The molecular formula is C39H66N14O18. The van der Waals surface area contributed by atoms with Crippen LogP contribution < -0.4 is 65.9 Å². The van der Waals surface area contributed by atoms with Crippen LogP contribution in [0.4, 0.5) is 0 Å². The number of nitrogens with one attached hydrogen (secondary N) is 7. The predicted octanol–water partition coefficient (Wildman–Crippen LogP) is -7.38. The molecule has 0 aliphatic carbocycles. The number of rotatable bonds is 36. The second kappa shape index (κ2) is 32.8. The fourth-order valence-electron chi connectivity index (χ4n) is 6.04. The van der Waals surface area contributed by atoms with Gasteiger partial charge < -0.3 is 96.5 Å². The SMILES string of the molecule is CC(C)[C@H](NC(=O)[C@H](CCC(=O)O)NC(=O)[C@H](CCC(=O)O)NC(=O)[C@H](CCCN=C(N)N)NC(=O)[C@H](CO)NC(=O)[C@@H](N)CC(=O)O)C(=O)N[C@@H](CCC(=O)O)C(=O)N[C@@H](CCCN=C(N)N)C(=O)O. The van der Waals surface area contributed by atoms with E-state index in [-0.39, 0.29) is 50.7 Å². The molecule has 0 heterocycles. The second-order valence-electron chi connectivity index (χ2n) is 16.0. The van der Waals surface area contributed by atoms with Gasteiger partial charge in [-0.1, -0.05) is 13.8 Å². The molecule has 0 unspecified atom stereocenters. The molecule has 0 spiro atoms. The molecule has 0 aliphatic heterocycles. The van der Waals surface area contributed by atoms with E-state index in [0.29, 0.717) is 0 Å². The van der Waals surface area contributed by atoms with Crippen LogP contribution in [-0.4, -0.2) is 182 Å². The molecule has 7 amide bonds. The zero-order valence-corrected chi connectivity index (χ0v) is 39.0. The first kappa shape index (κ1) is 63.1. The molecular weight excluding hydrogens is 953 g/mol. The lowest BCUT2D eigenvalue weighted by molar-refractivity contribution is -0.143. The van der Waals surface area contributed by atoms with Crippen LogP contribution in [0.5, 0.6) is 0 Å². The molecule has 0 saturated carbocycles. The molecule has 0 radical (unpaired) electrons. The number of amides is 7. The van der Waals surface area contributed by atoms with Gasteiger partial charge in [0.25, 0.3) is 0 Å². The first-order valence-electron chi connectivity index (χ1n) is 21.8. The van der Waals surface area contributed by atoms with Gasteiger partial charge in [-0.05, 0) is 50.9 Å². The van der Waals surface area contributed by atoms with Crippen molar-refractivity contribution in [3.05, 3.63) is 0 Å². The van der Waals surface area contributed by atoms with E-state index < -0.39 is 177 Å². The number of aliphatic imine (C=N–C) groups is 2. The fourth-order valence-corrected chi connectivity index (χ4v) is 6.04. The Bertz CT molecular complexity index is 1960. The number of aliphatic hydroxyl groups is 1. The Balaban J connectivity index is 6.70. The third kappa shape index (κ3) is 27.0. The fraction of sp³-hybridized carbons (Fsp3) is 0.641. The van der Waals surface area contributed by atoms with Crippen LogP contribution in [0.2, 0.25) is 0 Å². The Labute approximate surface area is 405 Å². The zero-order chi connectivity index (χ0) is 54.5. The van der Waals surface area contributed by atoms with Crippen molar-refractivity contribution >= 4 is 83.1 Å². The van der Waals surface area contributed by atoms with Crippen LogP contribution in [0.1, 0.15) is 84.5 Å². The standard InChI is InChI=1S/C39H66N14O18/c1-17(2)29(36(69)50-21(8-11-26(57)58)33(66)51-23(37(70)71)6-4-14-46-39(43)44)53-34(67)22(9-12-27(59)60)49-32(65)20(7-10-25(55)56)48-31(64)19(5-3-13-45-38(41)42)47-35(68)24(16-54)52-30(63)18(40)15-28(61)62/h17-24,29,54H,3-16,40H2,1-2H3,(H,47,68)(H,48,64)(H,49,65)(H,50,69)(H,51,66)(H,52,63)(H,53,67)(H,55,56)(H,57,58)(H,59,60)(H,61,62)(H,70,71)(H4,41,42,45)(H4,43,44,46)/t18-,19-,20-,21-,22-,23-,24-,29-/m0/s1. The highest BCUT2D eigenvalue weighted by molar-refractivity contribution is 5.98. The van der Waals surface area contributed by atoms with Gasteiger partial charge in [-0.25, -0.2) is 4.79 Å². The topological polar surface area (TPSA) is 565 Å². The van der Waals surface area contributed by atoms with Crippen molar-refractivity contribution < 1.29 is 88.2 Å². The highest BCUT2D eigenvalue weighted by Gasteiger charge is 2.36. The average Bonchev–Trinajstić information content (AvgIpc) is 3.26. The lowest BCUT2D eigenvalue weighted by Crippen LogP contribution is -2.61. The summed E-state index contributed by atoms with van der Waals surface area (Å²) in [4.78, 5) is 159. The number of carbonyl (C=O) groups is 12. The van der Waals surface area contributed by atoms with Crippen LogP contribution in [0, 0.1) is 5.92 Å². The normalized spacial score (nSPS) is 14.2. The molecule has 32 nitrogen and oxygen atoms in total. The summed E-state index contributed by atoms with van der Waals surface area (Å²) in [6.45, 7) is 1.65. The lowest BCUT2D eigenvalue weighted by atomic mass is 10.0. The summed E-state index contributed by atoms with van der Waals surface area (Å²) in [5.74, 6) is -17.0. The molecule has 0 aromatic heterocycles. The van der Waals surface area contributed by atoms with Crippen LogP contribution in [0.3, 0.4) is 0 Å². The molecule has 0 aromatic rings. The summed E-state index contributed by atoms with van der Waals surface area (Å²) in [6, 6.07) is -13.6. The maximum Gasteiger partial charge on any atom is 0.326 e. The summed E-state index contributed by atoms with van der Waals surface area (Å²) >= 11 is 0. The summed E-state index contributed by atoms with van der Waals surface area (Å²) < 4.78 is 0. The molecule has 0 aliphatic rings. The smallest absolute Gasteiger partial charge is 0.326 e. The zero-order valence-electron chi connectivity index (χ0n) is 39.0. The molecule has 8 atom stereocenters. The number of hydrogen-bond acceptors (Lipinski definition) is 16. The quantitative estimate of drug-likeness (QED) is 0.0157. The number of carbonyl (C=O) groups excluding carboxylic acids is 7. The van der Waals surface area contributed by atoms with Gasteiger partial charge in [-0.15, -0.1) is 0 Å². The molecule has 71 heavy (non-hydrogen) atoms. The van der Waals surface area contributed by atoms with Crippen molar-refractivity contribution in [3.63, 3.8) is 0 Å². The molecule has 23 N–H and O–H groups in total. The molecule has 0 aromatic carbocycles. The number of nitrogens with two attached hydrogens (primary N) is 5. The molecule has 0 saturated heterocycles. The minimum absolute atomic E-state index is 0.00176. The summed E-state index contributed by atoms with van der Waals surface area (Å²) in [5.41, 5.74) is 26.8. The van der Waals surface area contributed by atoms with Crippen molar-refractivity contribution in [3.8, 4) is 0 Å². The number of hydrogen-bond donors (Lipinski definition) is 18. The van der Waals surface area contributed by atoms with E-state index in [0.717, 1.165) is 0 Å². The van der Waals surface area contributed by atoms with E-state index in [2.05, 4.69) is 41.9 Å². The highest BCUT2D eigenvalue weighted by Crippen LogP contribution is 2.11. The first-order valence-corrected chi connectivity index (χ1v) is 21.8. The monoisotopic (exact) mass is 1020 g/mol. The second-order valence-corrected chi connectivity index (χ2v) is 16.0. The maximum absolute atomic E-state index is 13.9. The number of guanidine groups is 2. The molecule has 0 rings (SSSR count). The Morgan fingerprint density at radius 2 is 0.761 bits per heavy atom. The number of aliphatic hydroxyl groups excluding tert-OH is 1. The summed E-state index contributed by atoms with van der Waals surface area (Å²) in [6.07, 6.45) is -5.50. The third-order valence-electron chi connectivity index (χ3n) is 9.77. The van der Waals surface area contributed by atoms with Gasteiger partial charge in [0.2, 0.25) is 41.4 Å². The predicted molar refractivity (Wildman–Crippen MR) is 244 cm³/mol. The van der Waals surface area contributed by atoms with Gasteiger partial charge in [0.1, 0.15) is 42.3 Å². The Hall–Kier alpha value is -7.90. The average molecular weight is 1020 g/mol. The number of carboxylic acid groups (broad SMARTS) is 5. The van der Waals surface area contributed by atoms with Crippen LogP contribution in [0.25, 0.3) is 0 Å². The summed E-state index contributed by atoms with van der Waals surface area (Å²) in [7, 11) is 0. The third-order valence-corrected chi connectivity index (χ3v) is 9.77. The van der Waals surface area contributed by atoms with Crippen molar-refractivity contribution in [2.75, 3.05) is 19.7 Å². The molecule has 0 bridgehead atoms. The van der Waals surface area contributed by atoms with E-state index in [4.69, 9.17) is 33.8 Å². The highest BCUT2D eigenvalue weighted by atomic mass is 16.4. The minimum Gasteiger partial charge on any atom is -0.481 e. The maximum atomic E-state index is 13.9. The lowest BCUT2D eigenvalue weighted by Gasteiger charge is -2.28. The molecule has 32 heteroatoms. The van der Waals surface area contributed by atoms with Crippen LogP contribution >= 0.6 is 0 Å². The Kier molecular flexibility index (Phi) is 29.1. The van der Waals surface area contributed by atoms with E-state index in [1.807, 2.05) is 5.32 Å². The van der Waals surface area contributed by atoms with Crippen LogP contribution in [-0.2, 0) is 57.5 Å². The van der Waals surface area contributed by atoms with Crippen molar-refractivity contribution in [2.24, 2.45) is 44.6 Å². The van der Waals surface area contributed by atoms with Crippen molar-refractivity contribution in [2.45, 2.75) is 133 Å². The van der Waals surface area contributed by atoms with Crippen molar-refractivity contribution in [1.82, 2.24) is 37.2 Å². The van der Waals surface area contributed by atoms with E-state index in [9.17, 15) is 83.1 Å². The summed E-state index contributed by atoms with van der Waals surface area (Å²) in [5, 5.41) is 72.3. The van der Waals surface area contributed by atoms with E-state index >= 15 is 0 Å². The van der Waals surface area contributed by atoms with Gasteiger partial charge in [-0.2, -0.15) is 0 Å². The minimum atomic E-state index is -1.85. The largest absolute Gasteiger partial charge is 0.481 e. The van der Waals surface area contributed by atoms with Gasteiger partial charge in [0.05, 0.1) is 19.1 Å². The molecule has 0 fully saturated rings. The van der Waals surface area contributed by atoms with Crippen LogP contribution in [0.15, 0.2) is 9.98 Å². The number of nitrogens with zero attached hydrogens (tertiary/aromatic N) is 2. The Morgan fingerprint density at radius 1 is 0.437 bits per heavy atom. The Morgan fingerprint density at radius 3 is 1.10 bits per heavy atom. The van der Waals surface area contributed by atoms with Gasteiger partial charge in [0.15, 0.2) is 11.9 Å². The van der Waals surface area contributed by atoms with Gasteiger partial charge >= 0.3 is 29.8 Å². The van der Waals surface area contributed by atoms with E-state index in [1.54, 1.807) is 0 Å². The number of aliphatic carboxylic acids is 5. The van der Waals surface area contributed by atoms with Gasteiger partial charge in [-0.3, -0.25) is 62.7 Å². The molecule has 400 valence electrons. The van der Waals surface area contributed by atoms with E-state index in [1.165, 1.54) is 13.8 Å². The van der Waals surface area contributed by atoms with Gasteiger partial charge in [0, 0.05) is 32.4 Å². The first-order chi connectivity index (χ1) is 33.1. The van der Waals surface area contributed by atoms with Crippen molar-refractivity contribution in [1.29, 1.82) is 0 Å².